The summed E-state index contributed by atoms with van der Waals surface area (Å²) >= 11 is 5.53. The summed E-state index contributed by atoms with van der Waals surface area (Å²) in [6.45, 7) is 0.256. The minimum Gasteiger partial charge on any atom is -0.383 e. The number of hydrogen-bond donors (Lipinski definition) is 2. The largest absolute Gasteiger partial charge is 0.416 e. The van der Waals surface area contributed by atoms with Crippen LogP contribution in [0.25, 0.3) is 0 Å². The summed E-state index contributed by atoms with van der Waals surface area (Å²) < 4.78 is 42.5. The van der Waals surface area contributed by atoms with E-state index in [-0.39, 0.29) is 24.4 Å². The van der Waals surface area contributed by atoms with Gasteiger partial charge in [0.2, 0.25) is 5.91 Å². The highest BCUT2D eigenvalue weighted by atomic mass is 35.5. The van der Waals surface area contributed by atoms with Crippen molar-refractivity contribution >= 4 is 34.8 Å². The number of non-ortho nitro benzene ring substituents is 2. The molecule has 0 aliphatic carbocycles. The van der Waals surface area contributed by atoms with Crippen LogP contribution in [-0.2, 0) is 17.3 Å². The number of nitrogens with two attached hydrogens (primary N) is 1. The number of methoxy groups -OCH3 is 1. The number of nitro benzene ring substituents is 2. The topological polar surface area (TPSA) is 168 Å². The minimum atomic E-state index is -4.77. The Balaban J connectivity index is 0.000000365. The molecule has 0 aliphatic rings. The predicted molar refractivity (Wildman–Crippen MR) is 118 cm³/mol. The fourth-order valence-electron chi connectivity index (χ4n) is 2.61. The van der Waals surface area contributed by atoms with Gasteiger partial charge in [-0.1, -0.05) is 6.07 Å². The van der Waals surface area contributed by atoms with E-state index in [2.05, 4.69) is 10.1 Å². The van der Waals surface area contributed by atoms with Gasteiger partial charge in [0.1, 0.15) is 0 Å². The maximum absolute atomic E-state index is 12.6. The number of carbonyl (C=O) groups is 2. The highest BCUT2D eigenvalue weighted by molar-refractivity contribution is 6.18. The third kappa shape index (κ3) is 9.17. The van der Waals surface area contributed by atoms with E-state index >= 15 is 0 Å². The Morgan fingerprint density at radius 2 is 1.71 bits per heavy atom. The van der Waals surface area contributed by atoms with Crippen LogP contribution in [0.15, 0.2) is 36.4 Å². The van der Waals surface area contributed by atoms with Crippen LogP contribution in [0.1, 0.15) is 31.8 Å². The van der Waals surface area contributed by atoms with Crippen LogP contribution in [0.4, 0.5) is 24.5 Å². The lowest BCUT2D eigenvalue weighted by Crippen LogP contribution is -2.27. The molecule has 2 amide bonds. The first-order chi connectivity index (χ1) is 16.3. The van der Waals surface area contributed by atoms with Crippen molar-refractivity contribution in [2.24, 2.45) is 5.73 Å². The Bertz CT molecular complexity index is 1100. The summed E-state index contributed by atoms with van der Waals surface area (Å²) in [6.07, 6.45) is -4.31. The number of aryl methyl sites for hydroxylation is 1. The molecular weight excluding hydrogens is 501 g/mol. The van der Waals surface area contributed by atoms with E-state index in [0.717, 1.165) is 6.07 Å². The molecule has 15 heteroatoms. The number of alkyl halides is 4. The molecule has 0 heterocycles. The fourth-order valence-corrected chi connectivity index (χ4v) is 2.81. The second-order valence-corrected chi connectivity index (χ2v) is 7.05. The van der Waals surface area contributed by atoms with Crippen LogP contribution in [0.2, 0.25) is 0 Å². The molecule has 35 heavy (non-hydrogen) atoms. The van der Waals surface area contributed by atoms with Gasteiger partial charge in [0.25, 0.3) is 17.3 Å². The molecule has 2 aromatic rings. The number of nitrogens with one attached hydrogen (secondary N) is 1. The van der Waals surface area contributed by atoms with E-state index < -0.39 is 44.7 Å². The molecule has 0 atom stereocenters. The lowest BCUT2D eigenvalue weighted by Gasteiger charge is -2.09. The quantitative estimate of drug-likeness (QED) is 0.221. The van der Waals surface area contributed by atoms with Gasteiger partial charge in [-0.25, -0.2) is 0 Å². The van der Waals surface area contributed by atoms with E-state index in [0.29, 0.717) is 30.0 Å². The summed E-state index contributed by atoms with van der Waals surface area (Å²) in [7, 11) is 1.39. The zero-order valence-corrected chi connectivity index (χ0v) is 18.9. The van der Waals surface area contributed by atoms with Crippen molar-refractivity contribution in [3.8, 4) is 0 Å². The summed E-state index contributed by atoms with van der Waals surface area (Å²) in [5.74, 6) is -1.19. The van der Waals surface area contributed by atoms with Gasteiger partial charge in [-0.05, 0) is 18.1 Å². The maximum atomic E-state index is 12.6. The van der Waals surface area contributed by atoms with Crippen LogP contribution in [0.5, 0.6) is 0 Å². The molecular formula is C20H20ClF3N4O7. The Hall–Kier alpha value is -3.78. The SMILES string of the molecule is COCCNC(=O)c1cc([N+](=O)[O-])cc(C(F)(F)F)c1.NC(=O)c1cc([N+](=O)[O-])ccc1CCCl. The average molecular weight is 521 g/mol. The van der Waals surface area contributed by atoms with E-state index in [1.165, 1.54) is 25.3 Å². The molecule has 0 fully saturated rings. The maximum Gasteiger partial charge on any atom is 0.416 e. The molecule has 2 rings (SSSR count). The van der Waals surface area contributed by atoms with Gasteiger partial charge in [0, 0.05) is 54.9 Å². The third-order valence-electron chi connectivity index (χ3n) is 4.24. The molecule has 2 aromatic carbocycles. The van der Waals surface area contributed by atoms with Gasteiger partial charge in [-0.15, -0.1) is 11.6 Å². The van der Waals surface area contributed by atoms with E-state index in [1.807, 2.05) is 0 Å². The summed E-state index contributed by atoms with van der Waals surface area (Å²) in [5.41, 5.74) is 3.27. The summed E-state index contributed by atoms with van der Waals surface area (Å²) in [4.78, 5) is 42.2. The van der Waals surface area contributed by atoms with Gasteiger partial charge in [0.15, 0.2) is 0 Å². The normalized spacial score (nSPS) is 10.7. The zero-order chi connectivity index (χ0) is 26.8. The van der Waals surface area contributed by atoms with Gasteiger partial charge in [0.05, 0.1) is 22.0 Å². The number of amides is 2. The van der Waals surface area contributed by atoms with Crippen LogP contribution in [-0.4, -0.2) is 47.8 Å². The number of benzene rings is 2. The van der Waals surface area contributed by atoms with Crippen molar-refractivity contribution in [2.75, 3.05) is 26.1 Å². The van der Waals surface area contributed by atoms with Crippen LogP contribution >= 0.6 is 11.6 Å². The second-order valence-electron chi connectivity index (χ2n) is 6.67. The van der Waals surface area contributed by atoms with Crippen LogP contribution < -0.4 is 11.1 Å². The van der Waals surface area contributed by atoms with Crippen molar-refractivity contribution < 1.29 is 37.3 Å². The molecule has 0 bridgehead atoms. The Labute approximate surface area is 201 Å². The molecule has 0 radical (unpaired) electrons. The van der Waals surface area contributed by atoms with Gasteiger partial charge >= 0.3 is 6.18 Å². The van der Waals surface area contributed by atoms with Gasteiger partial charge in [-0.3, -0.25) is 29.8 Å². The summed E-state index contributed by atoms with van der Waals surface area (Å²) in [5, 5.41) is 23.4. The molecule has 0 unspecified atom stereocenters. The van der Waals surface area contributed by atoms with Crippen LogP contribution in [0, 0.1) is 20.2 Å². The molecule has 0 saturated heterocycles. The first-order valence-electron chi connectivity index (χ1n) is 9.58. The van der Waals surface area contributed by atoms with E-state index in [4.69, 9.17) is 17.3 Å². The van der Waals surface area contributed by atoms with Crippen molar-refractivity contribution in [3.63, 3.8) is 0 Å². The third-order valence-corrected chi connectivity index (χ3v) is 4.43. The number of primary amides is 1. The number of ether oxygens (including phenoxy) is 1. The zero-order valence-electron chi connectivity index (χ0n) is 18.1. The molecule has 0 aliphatic heterocycles. The lowest BCUT2D eigenvalue weighted by molar-refractivity contribution is -0.385. The first-order valence-corrected chi connectivity index (χ1v) is 10.1. The number of halogens is 4. The molecule has 3 N–H and O–H groups in total. The lowest BCUT2D eigenvalue weighted by atomic mass is 10.0. The second kappa shape index (κ2) is 13.2. The van der Waals surface area contributed by atoms with Gasteiger partial charge < -0.3 is 15.8 Å². The molecule has 0 saturated carbocycles. The number of nitrogens with zero attached hydrogens (tertiary/aromatic N) is 2. The molecule has 11 nitrogen and oxygen atoms in total. The van der Waals surface area contributed by atoms with Crippen molar-refractivity contribution in [1.29, 1.82) is 0 Å². The Morgan fingerprint density at radius 3 is 2.20 bits per heavy atom. The molecule has 190 valence electrons. The predicted octanol–water partition coefficient (Wildman–Crippen LogP) is 3.46. The number of carbonyl (C=O) groups excluding carboxylic acids is 2. The molecule has 0 spiro atoms. The van der Waals surface area contributed by atoms with Crippen LogP contribution in [0.3, 0.4) is 0 Å². The molecule has 0 aromatic heterocycles. The van der Waals surface area contributed by atoms with Crippen molar-refractivity contribution in [2.45, 2.75) is 12.6 Å². The monoisotopic (exact) mass is 520 g/mol. The Morgan fingerprint density at radius 1 is 1.09 bits per heavy atom. The fraction of sp³-hybridized carbons (Fsp3) is 0.300. The Kier molecular flexibility index (Phi) is 11.0. The van der Waals surface area contributed by atoms with Gasteiger partial charge in [-0.2, -0.15) is 13.2 Å². The number of rotatable bonds is 9. The average Bonchev–Trinajstić information content (AvgIpc) is 2.78. The number of hydrogen-bond acceptors (Lipinski definition) is 7. The highest BCUT2D eigenvalue weighted by Gasteiger charge is 2.33. The van der Waals surface area contributed by atoms with E-state index in [1.54, 1.807) is 0 Å². The number of nitro groups is 2. The standard InChI is InChI=1S/C11H11F3N2O4.C9H9ClN2O3/c1-20-3-2-15-10(17)7-4-8(11(12,13)14)6-9(5-7)16(18)19;10-4-3-6-1-2-7(12(14)15)5-8(6)9(11)13/h4-6H,2-3H2,1H3,(H,15,17);1-2,5H,3-4H2,(H2,11,13). The highest BCUT2D eigenvalue weighted by Crippen LogP contribution is 2.32. The van der Waals surface area contributed by atoms with Crippen molar-refractivity contribution in [3.05, 3.63) is 78.9 Å². The van der Waals surface area contributed by atoms with E-state index in [9.17, 15) is 43.0 Å². The minimum absolute atomic E-state index is 0.0827. The smallest absolute Gasteiger partial charge is 0.383 e. The summed E-state index contributed by atoms with van der Waals surface area (Å²) in [6, 6.07) is 5.73. The van der Waals surface area contributed by atoms with Crippen molar-refractivity contribution in [1.82, 2.24) is 5.32 Å². The first kappa shape index (κ1) is 29.3.